The summed E-state index contributed by atoms with van der Waals surface area (Å²) in [6, 6.07) is 6.32. The minimum Gasteiger partial charge on any atom is -0.355 e. The fourth-order valence-electron chi connectivity index (χ4n) is 2.93. The number of hydrogen-bond acceptors (Lipinski definition) is 4. The smallest absolute Gasteiger partial charge is 0.224 e. The lowest BCUT2D eigenvalue weighted by atomic mass is 10.1. The molecule has 0 radical (unpaired) electrons. The van der Waals surface area contributed by atoms with Crippen LogP contribution in [0.2, 0.25) is 0 Å². The van der Waals surface area contributed by atoms with Crippen molar-refractivity contribution in [2.45, 2.75) is 44.0 Å². The van der Waals surface area contributed by atoms with Crippen LogP contribution < -0.4 is 5.32 Å². The van der Waals surface area contributed by atoms with E-state index >= 15 is 0 Å². The van der Waals surface area contributed by atoms with E-state index in [9.17, 15) is 18.0 Å². The Kier molecular flexibility index (Phi) is 5.56. The number of benzene rings is 1. The Balaban J connectivity index is 1.84. The number of carbonyl (C=O) groups is 2. The molecule has 0 saturated carbocycles. The number of hydrogen-bond donors (Lipinski definition) is 1. The summed E-state index contributed by atoms with van der Waals surface area (Å²) in [5.41, 5.74) is 0.556. The lowest BCUT2D eigenvalue weighted by molar-refractivity contribution is -0.131. The van der Waals surface area contributed by atoms with Gasteiger partial charge in [0.05, 0.1) is 11.3 Å². The van der Waals surface area contributed by atoms with E-state index in [1.54, 1.807) is 12.1 Å². The molecule has 1 heterocycles. The van der Waals surface area contributed by atoms with Crippen molar-refractivity contribution in [1.82, 2.24) is 10.2 Å². The Bertz CT molecular complexity index is 748. The second kappa shape index (κ2) is 7.15. The maximum absolute atomic E-state index is 12.1. The Morgan fingerprint density at radius 1 is 1.24 bits per heavy atom. The zero-order valence-corrected chi connectivity index (χ0v) is 16.0. The first kappa shape index (κ1) is 19.4. The molecule has 0 unspecified atom stereocenters. The van der Waals surface area contributed by atoms with E-state index in [1.165, 1.54) is 12.1 Å². The Morgan fingerprint density at radius 3 is 2.32 bits per heavy atom. The third kappa shape index (κ3) is 5.29. The van der Waals surface area contributed by atoms with Crippen LogP contribution in [-0.4, -0.2) is 50.0 Å². The maximum atomic E-state index is 12.1. The van der Waals surface area contributed by atoms with Crippen molar-refractivity contribution in [2.24, 2.45) is 5.92 Å². The predicted molar refractivity (Wildman–Crippen MR) is 95.8 cm³/mol. The molecule has 25 heavy (non-hydrogen) atoms. The molecule has 1 aromatic carbocycles. The van der Waals surface area contributed by atoms with Gasteiger partial charge in [-0.2, -0.15) is 0 Å². The van der Waals surface area contributed by atoms with Crippen molar-refractivity contribution in [1.29, 1.82) is 0 Å². The minimum absolute atomic E-state index is 0.128. The average molecular weight is 366 g/mol. The van der Waals surface area contributed by atoms with Gasteiger partial charge in [0.1, 0.15) is 0 Å². The predicted octanol–water partition coefficient (Wildman–Crippen LogP) is 1.40. The fraction of sp³-hybridized carbons (Fsp3) is 0.556. The second-order valence-corrected chi connectivity index (χ2v) is 9.66. The minimum atomic E-state index is -3.23. The summed E-state index contributed by atoms with van der Waals surface area (Å²) in [6.07, 6.45) is 1.80. The van der Waals surface area contributed by atoms with Crippen LogP contribution in [0.3, 0.4) is 0 Å². The maximum Gasteiger partial charge on any atom is 0.224 e. The van der Waals surface area contributed by atoms with Gasteiger partial charge in [-0.15, -0.1) is 0 Å². The number of amides is 2. The third-order valence-corrected chi connectivity index (χ3v) is 5.45. The lowest BCUT2D eigenvalue weighted by Crippen LogP contribution is -2.42. The molecule has 2 amide bonds. The fourth-order valence-corrected chi connectivity index (χ4v) is 3.56. The van der Waals surface area contributed by atoms with Gasteiger partial charge in [0.25, 0.3) is 0 Å². The summed E-state index contributed by atoms with van der Waals surface area (Å²) in [5.74, 6) is 0.125. The average Bonchev–Trinajstić information content (AvgIpc) is 2.86. The molecule has 1 aliphatic heterocycles. The van der Waals surface area contributed by atoms with Crippen LogP contribution in [0.5, 0.6) is 0 Å². The van der Waals surface area contributed by atoms with Crippen molar-refractivity contribution in [3.05, 3.63) is 29.8 Å². The van der Waals surface area contributed by atoms with Gasteiger partial charge in [-0.05, 0) is 38.5 Å². The first-order valence-electron chi connectivity index (χ1n) is 8.33. The summed E-state index contributed by atoms with van der Waals surface area (Å²) in [7, 11) is -3.23. The summed E-state index contributed by atoms with van der Waals surface area (Å²) >= 11 is 0. The molecule has 1 fully saturated rings. The molecule has 138 valence electrons. The van der Waals surface area contributed by atoms with Gasteiger partial charge in [0, 0.05) is 37.2 Å². The van der Waals surface area contributed by atoms with Crippen LogP contribution in [-0.2, 0) is 25.8 Å². The van der Waals surface area contributed by atoms with E-state index in [4.69, 9.17) is 0 Å². The largest absolute Gasteiger partial charge is 0.355 e. The molecule has 1 aromatic rings. The highest BCUT2D eigenvalue weighted by Gasteiger charge is 2.36. The van der Waals surface area contributed by atoms with E-state index < -0.39 is 9.84 Å². The molecule has 0 aromatic heterocycles. The number of nitrogens with zero attached hydrogens (tertiary/aromatic N) is 1. The molecule has 1 aliphatic rings. The monoisotopic (exact) mass is 366 g/mol. The van der Waals surface area contributed by atoms with Crippen LogP contribution in [0.25, 0.3) is 0 Å². The summed E-state index contributed by atoms with van der Waals surface area (Å²) in [4.78, 5) is 26.2. The Hall–Kier alpha value is -1.89. The highest BCUT2D eigenvalue weighted by Crippen LogP contribution is 2.25. The number of rotatable bonds is 5. The van der Waals surface area contributed by atoms with Crippen molar-refractivity contribution in [3.63, 3.8) is 0 Å². The van der Waals surface area contributed by atoms with Gasteiger partial charge in [-0.3, -0.25) is 9.59 Å². The van der Waals surface area contributed by atoms with E-state index in [0.29, 0.717) is 19.5 Å². The number of sulfone groups is 1. The van der Waals surface area contributed by atoms with E-state index in [0.717, 1.165) is 11.8 Å². The topological polar surface area (TPSA) is 83.6 Å². The van der Waals surface area contributed by atoms with Crippen LogP contribution in [0.15, 0.2) is 29.2 Å². The first-order chi connectivity index (χ1) is 11.5. The highest BCUT2D eigenvalue weighted by atomic mass is 32.2. The molecule has 0 spiro atoms. The number of carbonyl (C=O) groups excluding carboxylic acids is 2. The standard InChI is InChI=1S/C18H26N2O4S/c1-18(2,3)20-12-14(10-17(20)22)11-19-16(21)9-13-5-7-15(8-6-13)25(4,23)24/h5-8,14H,9-12H2,1-4H3,(H,19,21)/t14-/m1/s1. The van der Waals surface area contributed by atoms with Gasteiger partial charge in [-0.1, -0.05) is 12.1 Å². The van der Waals surface area contributed by atoms with Crippen molar-refractivity contribution in [2.75, 3.05) is 19.3 Å². The van der Waals surface area contributed by atoms with Gasteiger partial charge in [0.15, 0.2) is 9.84 Å². The molecular formula is C18H26N2O4S. The molecule has 6 nitrogen and oxygen atoms in total. The molecular weight excluding hydrogens is 340 g/mol. The second-order valence-electron chi connectivity index (χ2n) is 7.64. The summed E-state index contributed by atoms with van der Waals surface area (Å²) < 4.78 is 22.9. The zero-order chi connectivity index (χ0) is 18.8. The highest BCUT2D eigenvalue weighted by molar-refractivity contribution is 7.90. The third-order valence-electron chi connectivity index (χ3n) is 4.32. The summed E-state index contributed by atoms with van der Waals surface area (Å²) in [5, 5.41) is 2.87. The SMILES string of the molecule is CC(C)(C)N1C[C@@H](CNC(=O)Cc2ccc(S(C)(=O)=O)cc2)CC1=O. The number of nitrogens with one attached hydrogen (secondary N) is 1. The molecule has 7 heteroatoms. The molecule has 2 rings (SSSR count). The number of likely N-dealkylation sites (tertiary alicyclic amines) is 1. The van der Waals surface area contributed by atoms with Crippen molar-refractivity contribution in [3.8, 4) is 0 Å². The first-order valence-corrected chi connectivity index (χ1v) is 10.2. The van der Waals surface area contributed by atoms with Crippen molar-refractivity contribution < 1.29 is 18.0 Å². The summed E-state index contributed by atoms with van der Waals surface area (Å²) in [6.45, 7) is 7.15. The van der Waals surface area contributed by atoms with E-state index in [2.05, 4.69) is 5.32 Å². The van der Waals surface area contributed by atoms with E-state index in [-0.39, 0.29) is 34.6 Å². The molecule has 0 bridgehead atoms. The van der Waals surface area contributed by atoms with E-state index in [1.807, 2.05) is 25.7 Å². The van der Waals surface area contributed by atoms with Crippen LogP contribution in [0.4, 0.5) is 0 Å². The molecule has 0 aliphatic carbocycles. The van der Waals surface area contributed by atoms with Gasteiger partial charge in [-0.25, -0.2) is 8.42 Å². The molecule has 1 atom stereocenters. The van der Waals surface area contributed by atoms with Crippen LogP contribution in [0.1, 0.15) is 32.8 Å². The Labute approximate surface area is 149 Å². The lowest BCUT2D eigenvalue weighted by Gasteiger charge is -2.32. The Morgan fingerprint density at radius 2 is 1.84 bits per heavy atom. The molecule has 1 saturated heterocycles. The van der Waals surface area contributed by atoms with Crippen LogP contribution >= 0.6 is 0 Å². The molecule has 1 N–H and O–H groups in total. The van der Waals surface area contributed by atoms with Gasteiger partial charge in [0.2, 0.25) is 11.8 Å². The van der Waals surface area contributed by atoms with Gasteiger partial charge >= 0.3 is 0 Å². The van der Waals surface area contributed by atoms with Gasteiger partial charge < -0.3 is 10.2 Å². The van der Waals surface area contributed by atoms with Crippen LogP contribution in [0, 0.1) is 5.92 Å². The quantitative estimate of drug-likeness (QED) is 0.854. The normalized spacial score (nSPS) is 18.5. The van der Waals surface area contributed by atoms with Crippen molar-refractivity contribution >= 4 is 21.7 Å². The zero-order valence-electron chi connectivity index (χ0n) is 15.2.